The zero-order valence-electron chi connectivity index (χ0n) is 13.8. The van der Waals surface area contributed by atoms with Gasteiger partial charge in [0.2, 0.25) is 0 Å². The van der Waals surface area contributed by atoms with E-state index in [0.717, 1.165) is 16.1 Å². The monoisotopic (exact) mass is 344 g/mol. The molecule has 0 aliphatic heterocycles. The molecule has 0 saturated carbocycles. The zero-order chi connectivity index (χ0) is 17.4. The third-order valence-corrected chi connectivity index (χ3v) is 3.75. The standard InChI is InChI=1S/C18H21ClN4O/c1-20-17(24)15-7-3-13(4-8-15)11-22-18(21-2)23-12-14-5-9-16(19)10-6-14/h3-10H,11-12H2,1-2H3,(H,20,24)(H2,21,22,23). The highest BCUT2D eigenvalue weighted by atomic mass is 35.5. The maximum absolute atomic E-state index is 11.5. The highest BCUT2D eigenvalue weighted by molar-refractivity contribution is 6.30. The van der Waals surface area contributed by atoms with Crippen LogP contribution < -0.4 is 16.0 Å². The molecule has 2 aromatic carbocycles. The Morgan fingerprint density at radius 1 is 0.958 bits per heavy atom. The molecule has 0 radical (unpaired) electrons. The van der Waals surface area contributed by atoms with Gasteiger partial charge < -0.3 is 16.0 Å². The largest absolute Gasteiger partial charge is 0.355 e. The Balaban J connectivity index is 1.85. The van der Waals surface area contributed by atoms with Gasteiger partial charge in [0.1, 0.15) is 0 Å². The van der Waals surface area contributed by atoms with Crippen LogP contribution in [-0.4, -0.2) is 26.0 Å². The lowest BCUT2D eigenvalue weighted by Gasteiger charge is -2.12. The molecular formula is C18H21ClN4O. The number of halogens is 1. The number of hydrogen-bond donors (Lipinski definition) is 3. The first kappa shape index (κ1) is 17.8. The van der Waals surface area contributed by atoms with Crippen LogP contribution in [0.2, 0.25) is 5.02 Å². The summed E-state index contributed by atoms with van der Waals surface area (Å²) in [5.41, 5.74) is 2.83. The fourth-order valence-electron chi connectivity index (χ4n) is 2.11. The van der Waals surface area contributed by atoms with Crippen molar-refractivity contribution in [3.63, 3.8) is 0 Å². The molecule has 0 unspecified atom stereocenters. The first-order valence-corrected chi connectivity index (χ1v) is 8.00. The van der Waals surface area contributed by atoms with Gasteiger partial charge in [-0.15, -0.1) is 0 Å². The van der Waals surface area contributed by atoms with Gasteiger partial charge in [0, 0.05) is 37.8 Å². The van der Waals surface area contributed by atoms with Gasteiger partial charge in [-0.05, 0) is 35.4 Å². The van der Waals surface area contributed by atoms with E-state index in [1.54, 1.807) is 26.2 Å². The molecule has 0 aromatic heterocycles. The molecular weight excluding hydrogens is 324 g/mol. The fraction of sp³-hybridized carbons (Fsp3) is 0.222. The van der Waals surface area contributed by atoms with Gasteiger partial charge in [0.15, 0.2) is 5.96 Å². The van der Waals surface area contributed by atoms with Gasteiger partial charge in [0.25, 0.3) is 5.91 Å². The second-order valence-corrected chi connectivity index (χ2v) is 5.62. The van der Waals surface area contributed by atoms with Crippen molar-refractivity contribution >= 4 is 23.5 Å². The lowest BCUT2D eigenvalue weighted by Crippen LogP contribution is -2.36. The number of benzene rings is 2. The summed E-state index contributed by atoms with van der Waals surface area (Å²) < 4.78 is 0. The number of guanidine groups is 1. The van der Waals surface area contributed by atoms with Crippen LogP contribution in [0.1, 0.15) is 21.5 Å². The van der Waals surface area contributed by atoms with Crippen LogP contribution in [0.3, 0.4) is 0 Å². The Bertz CT molecular complexity index is 696. The Morgan fingerprint density at radius 2 is 1.46 bits per heavy atom. The molecule has 0 aliphatic carbocycles. The number of hydrogen-bond acceptors (Lipinski definition) is 2. The molecule has 0 atom stereocenters. The quantitative estimate of drug-likeness (QED) is 0.577. The number of aliphatic imine (C=N–C) groups is 1. The lowest BCUT2D eigenvalue weighted by molar-refractivity contribution is 0.0963. The van der Waals surface area contributed by atoms with Crippen molar-refractivity contribution in [2.75, 3.05) is 14.1 Å². The van der Waals surface area contributed by atoms with Crippen molar-refractivity contribution in [1.82, 2.24) is 16.0 Å². The molecule has 1 amide bonds. The highest BCUT2D eigenvalue weighted by Crippen LogP contribution is 2.09. The number of nitrogens with zero attached hydrogens (tertiary/aromatic N) is 1. The first-order valence-electron chi connectivity index (χ1n) is 7.62. The van der Waals surface area contributed by atoms with Crippen molar-refractivity contribution in [2.45, 2.75) is 13.1 Å². The van der Waals surface area contributed by atoms with E-state index in [2.05, 4.69) is 20.9 Å². The predicted molar refractivity (Wildman–Crippen MR) is 98.3 cm³/mol. The molecule has 0 spiro atoms. The molecule has 0 aliphatic rings. The maximum Gasteiger partial charge on any atom is 0.251 e. The average molecular weight is 345 g/mol. The Labute approximate surface area is 147 Å². The number of amides is 1. The van der Waals surface area contributed by atoms with E-state index >= 15 is 0 Å². The predicted octanol–water partition coefficient (Wildman–Crippen LogP) is 2.56. The van der Waals surface area contributed by atoms with Gasteiger partial charge in [-0.25, -0.2) is 0 Å². The van der Waals surface area contributed by atoms with Crippen LogP contribution in [0.4, 0.5) is 0 Å². The molecule has 0 bridgehead atoms. The van der Waals surface area contributed by atoms with Gasteiger partial charge in [-0.1, -0.05) is 35.9 Å². The van der Waals surface area contributed by atoms with Crippen LogP contribution in [0.25, 0.3) is 0 Å². The van der Waals surface area contributed by atoms with Crippen molar-refractivity contribution in [2.24, 2.45) is 4.99 Å². The van der Waals surface area contributed by atoms with E-state index < -0.39 is 0 Å². The molecule has 24 heavy (non-hydrogen) atoms. The van der Waals surface area contributed by atoms with Crippen LogP contribution in [0.5, 0.6) is 0 Å². The van der Waals surface area contributed by atoms with Gasteiger partial charge in [-0.2, -0.15) is 0 Å². The van der Waals surface area contributed by atoms with Crippen LogP contribution in [-0.2, 0) is 13.1 Å². The molecule has 0 saturated heterocycles. The second-order valence-electron chi connectivity index (χ2n) is 5.18. The van der Waals surface area contributed by atoms with E-state index in [1.807, 2.05) is 36.4 Å². The smallest absolute Gasteiger partial charge is 0.251 e. The average Bonchev–Trinajstić information content (AvgIpc) is 2.63. The molecule has 3 N–H and O–H groups in total. The summed E-state index contributed by atoms with van der Waals surface area (Å²) in [7, 11) is 3.35. The molecule has 0 fully saturated rings. The van der Waals surface area contributed by atoms with Crippen molar-refractivity contribution < 1.29 is 4.79 Å². The first-order chi connectivity index (χ1) is 11.6. The molecule has 6 heteroatoms. The molecule has 0 heterocycles. The number of carbonyl (C=O) groups is 1. The Kier molecular flexibility index (Phi) is 6.63. The van der Waals surface area contributed by atoms with Crippen LogP contribution in [0, 0.1) is 0 Å². The van der Waals surface area contributed by atoms with Gasteiger partial charge in [0.05, 0.1) is 0 Å². The minimum atomic E-state index is -0.0880. The van der Waals surface area contributed by atoms with Crippen molar-refractivity contribution in [1.29, 1.82) is 0 Å². The van der Waals surface area contributed by atoms with E-state index in [4.69, 9.17) is 11.6 Å². The zero-order valence-corrected chi connectivity index (χ0v) is 14.5. The maximum atomic E-state index is 11.5. The normalized spacial score (nSPS) is 11.0. The molecule has 2 rings (SSSR count). The Morgan fingerprint density at radius 3 is 1.92 bits per heavy atom. The molecule has 5 nitrogen and oxygen atoms in total. The van der Waals surface area contributed by atoms with E-state index in [-0.39, 0.29) is 5.91 Å². The highest BCUT2D eigenvalue weighted by Gasteiger charge is 2.03. The summed E-state index contributed by atoms with van der Waals surface area (Å²) in [6.07, 6.45) is 0. The SMILES string of the molecule is CN=C(NCc1ccc(Cl)cc1)NCc1ccc(C(=O)NC)cc1. The van der Waals surface area contributed by atoms with Gasteiger partial charge in [-0.3, -0.25) is 9.79 Å². The number of rotatable bonds is 5. The number of nitrogens with one attached hydrogen (secondary N) is 3. The summed E-state index contributed by atoms with van der Waals surface area (Å²) in [6, 6.07) is 15.1. The summed E-state index contributed by atoms with van der Waals surface area (Å²) in [4.78, 5) is 15.7. The Hall–Kier alpha value is -2.53. The minimum absolute atomic E-state index is 0.0880. The third-order valence-electron chi connectivity index (χ3n) is 3.50. The summed E-state index contributed by atoms with van der Waals surface area (Å²) in [5, 5.41) is 9.82. The fourth-order valence-corrected chi connectivity index (χ4v) is 2.24. The van der Waals surface area contributed by atoms with Crippen LogP contribution >= 0.6 is 11.6 Å². The second kappa shape index (κ2) is 8.93. The lowest BCUT2D eigenvalue weighted by atomic mass is 10.1. The van der Waals surface area contributed by atoms with Crippen LogP contribution in [0.15, 0.2) is 53.5 Å². The van der Waals surface area contributed by atoms with Crippen molar-refractivity contribution in [3.8, 4) is 0 Å². The number of carbonyl (C=O) groups excluding carboxylic acids is 1. The van der Waals surface area contributed by atoms with Crippen molar-refractivity contribution in [3.05, 3.63) is 70.2 Å². The molecule has 126 valence electrons. The summed E-state index contributed by atoms with van der Waals surface area (Å²) in [6.45, 7) is 1.28. The third kappa shape index (κ3) is 5.28. The summed E-state index contributed by atoms with van der Waals surface area (Å²) >= 11 is 5.88. The van der Waals surface area contributed by atoms with Gasteiger partial charge >= 0.3 is 0 Å². The van der Waals surface area contributed by atoms with E-state index in [9.17, 15) is 4.79 Å². The van der Waals surface area contributed by atoms with E-state index in [0.29, 0.717) is 24.6 Å². The van der Waals surface area contributed by atoms with E-state index in [1.165, 1.54) is 0 Å². The topological polar surface area (TPSA) is 65.5 Å². The summed E-state index contributed by atoms with van der Waals surface area (Å²) in [5.74, 6) is 0.621. The molecule has 2 aromatic rings. The minimum Gasteiger partial charge on any atom is -0.355 e.